The number of ether oxygens (including phenoxy) is 1. The Bertz CT molecular complexity index is 263. The van der Waals surface area contributed by atoms with Crippen LogP contribution in [0.5, 0.6) is 0 Å². The van der Waals surface area contributed by atoms with E-state index < -0.39 is 0 Å². The van der Waals surface area contributed by atoms with Crippen LogP contribution in [0.3, 0.4) is 0 Å². The zero-order valence-electron chi connectivity index (χ0n) is 13.4. The zero-order valence-corrected chi connectivity index (χ0v) is 13.4. The maximum Gasteiger partial charge on any atom is 0.236 e. The van der Waals surface area contributed by atoms with Crippen LogP contribution >= 0.6 is 0 Å². The van der Waals surface area contributed by atoms with Gasteiger partial charge >= 0.3 is 0 Å². The lowest BCUT2D eigenvalue weighted by atomic mass is 9.81. The molecule has 1 fully saturated rings. The van der Waals surface area contributed by atoms with Crippen LogP contribution in [-0.2, 0) is 9.53 Å². The molecular formula is C16H32N2O2. The van der Waals surface area contributed by atoms with Crippen LogP contribution in [0.4, 0.5) is 0 Å². The minimum absolute atomic E-state index is 0.0957. The molecule has 1 rings (SSSR count). The largest absolute Gasteiger partial charge is 0.385 e. The normalized spacial score (nSPS) is 24.4. The fourth-order valence-corrected chi connectivity index (χ4v) is 2.80. The number of nitrogens with one attached hydrogen (secondary N) is 2. The van der Waals surface area contributed by atoms with Crippen LogP contribution in [0.15, 0.2) is 0 Å². The Labute approximate surface area is 124 Å². The van der Waals surface area contributed by atoms with E-state index >= 15 is 0 Å². The summed E-state index contributed by atoms with van der Waals surface area (Å²) in [7, 11) is 1.68. The minimum atomic E-state index is -0.0972. The molecule has 0 radical (unpaired) electrons. The molecular weight excluding hydrogens is 252 g/mol. The molecule has 0 aromatic heterocycles. The number of hydrogen-bond acceptors (Lipinski definition) is 3. The molecule has 1 amide bonds. The van der Waals surface area contributed by atoms with Crippen LogP contribution in [0, 0.1) is 11.8 Å². The van der Waals surface area contributed by atoms with Gasteiger partial charge in [-0.25, -0.2) is 0 Å². The molecule has 2 N–H and O–H groups in total. The van der Waals surface area contributed by atoms with Crippen LogP contribution in [0.2, 0.25) is 0 Å². The van der Waals surface area contributed by atoms with Crippen molar-refractivity contribution >= 4 is 5.91 Å². The van der Waals surface area contributed by atoms with Crippen LogP contribution in [0.1, 0.15) is 52.4 Å². The van der Waals surface area contributed by atoms with Crippen molar-refractivity contribution in [1.29, 1.82) is 0 Å². The number of carbonyl (C=O) groups excluding carboxylic acids is 1. The van der Waals surface area contributed by atoms with Gasteiger partial charge in [0.1, 0.15) is 0 Å². The Balaban J connectivity index is 2.04. The molecule has 0 aromatic rings. The van der Waals surface area contributed by atoms with E-state index in [4.69, 9.17) is 4.74 Å². The summed E-state index contributed by atoms with van der Waals surface area (Å²) in [5.74, 6) is 1.87. The molecule has 4 heteroatoms. The molecule has 1 unspecified atom stereocenters. The van der Waals surface area contributed by atoms with Gasteiger partial charge in [0.2, 0.25) is 5.91 Å². The van der Waals surface area contributed by atoms with E-state index in [1.165, 1.54) is 32.1 Å². The summed E-state index contributed by atoms with van der Waals surface area (Å²) in [5.41, 5.74) is 0. The second kappa shape index (κ2) is 10.2. The Morgan fingerprint density at radius 2 is 1.95 bits per heavy atom. The molecule has 0 spiro atoms. The zero-order chi connectivity index (χ0) is 14.8. The van der Waals surface area contributed by atoms with Crippen LogP contribution in [-0.4, -0.2) is 38.8 Å². The first-order valence-corrected chi connectivity index (χ1v) is 8.13. The highest BCUT2D eigenvalue weighted by molar-refractivity contribution is 5.81. The summed E-state index contributed by atoms with van der Waals surface area (Å²) < 4.78 is 4.96. The lowest BCUT2D eigenvalue weighted by molar-refractivity contribution is -0.122. The van der Waals surface area contributed by atoms with Gasteiger partial charge < -0.3 is 15.4 Å². The van der Waals surface area contributed by atoms with Crippen LogP contribution in [0.25, 0.3) is 0 Å². The van der Waals surface area contributed by atoms with E-state index in [0.29, 0.717) is 13.2 Å². The fraction of sp³-hybridized carbons (Fsp3) is 0.938. The highest BCUT2D eigenvalue weighted by Gasteiger charge is 2.18. The monoisotopic (exact) mass is 284 g/mol. The van der Waals surface area contributed by atoms with E-state index in [-0.39, 0.29) is 11.9 Å². The summed E-state index contributed by atoms with van der Waals surface area (Å²) in [6.07, 6.45) is 7.55. The molecule has 0 bridgehead atoms. The van der Waals surface area contributed by atoms with Gasteiger partial charge in [-0.05, 0) is 38.1 Å². The predicted octanol–water partition coefficient (Wildman–Crippen LogP) is 2.33. The number of hydrogen-bond donors (Lipinski definition) is 2. The van der Waals surface area contributed by atoms with E-state index in [0.717, 1.165) is 24.8 Å². The summed E-state index contributed by atoms with van der Waals surface area (Å²) in [6.45, 7) is 6.63. The van der Waals surface area contributed by atoms with Gasteiger partial charge in [-0.3, -0.25) is 4.79 Å². The third-order valence-corrected chi connectivity index (χ3v) is 4.36. The van der Waals surface area contributed by atoms with Crippen molar-refractivity contribution in [3.63, 3.8) is 0 Å². The number of methoxy groups -OCH3 is 1. The van der Waals surface area contributed by atoms with Gasteiger partial charge in [0.05, 0.1) is 6.04 Å². The van der Waals surface area contributed by atoms with Crippen molar-refractivity contribution in [2.75, 3.05) is 26.8 Å². The molecule has 0 saturated heterocycles. The molecule has 1 aliphatic rings. The van der Waals surface area contributed by atoms with E-state index in [1.807, 2.05) is 6.92 Å². The first kappa shape index (κ1) is 17.4. The average molecular weight is 284 g/mol. The van der Waals surface area contributed by atoms with E-state index in [1.54, 1.807) is 7.11 Å². The second-order valence-electron chi connectivity index (χ2n) is 6.23. The van der Waals surface area contributed by atoms with Gasteiger partial charge in [0.15, 0.2) is 0 Å². The van der Waals surface area contributed by atoms with Gasteiger partial charge in [-0.2, -0.15) is 0 Å². The first-order chi connectivity index (χ1) is 9.63. The van der Waals surface area contributed by atoms with Crippen molar-refractivity contribution in [2.45, 2.75) is 58.4 Å². The van der Waals surface area contributed by atoms with Gasteiger partial charge in [-0.15, -0.1) is 0 Å². The standard InChI is InChI=1S/C16H32N2O2/c1-13-5-7-15(8-6-13)9-11-17-14(2)16(19)18-10-4-12-20-3/h13-15,17H,4-12H2,1-3H3,(H,18,19). The van der Waals surface area contributed by atoms with Gasteiger partial charge in [-0.1, -0.05) is 32.6 Å². The van der Waals surface area contributed by atoms with Gasteiger partial charge in [0, 0.05) is 20.3 Å². The highest BCUT2D eigenvalue weighted by atomic mass is 16.5. The second-order valence-corrected chi connectivity index (χ2v) is 6.23. The Morgan fingerprint density at radius 1 is 1.25 bits per heavy atom. The topological polar surface area (TPSA) is 50.4 Å². The fourth-order valence-electron chi connectivity index (χ4n) is 2.80. The van der Waals surface area contributed by atoms with Gasteiger partial charge in [0.25, 0.3) is 0 Å². The predicted molar refractivity (Wildman–Crippen MR) is 82.7 cm³/mol. The minimum Gasteiger partial charge on any atom is -0.385 e. The third kappa shape index (κ3) is 7.25. The Kier molecular flexibility index (Phi) is 8.86. The van der Waals surface area contributed by atoms with Crippen molar-refractivity contribution in [3.8, 4) is 0 Å². The lowest BCUT2D eigenvalue weighted by Gasteiger charge is -2.26. The summed E-state index contributed by atoms with van der Waals surface area (Å²) in [4.78, 5) is 11.8. The van der Waals surface area contributed by atoms with Crippen molar-refractivity contribution < 1.29 is 9.53 Å². The smallest absolute Gasteiger partial charge is 0.236 e. The van der Waals surface area contributed by atoms with Crippen molar-refractivity contribution in [2.24, 2.45) is 11.8 Å². The third-order valence-electron chi connectivity index (χ3n) is 4.36. The SMILES string of the molecule is COCCCNC(=O)C(C)NCCC1CCC(C)CC1. The van der Waals surface area contributed by atoms with E-state index in [2.05, 4.69) is 17.6 Å². The Hall–Kier alpha value is -0.610. The molecule has 0 heterocycles. The molecule has 0 aromatic carbocycles. The number of amides is 1. The molecule has 1 atom stereocenters. The number of carbonyl (C=O) groups is 1. The molecule has 0 aliphatic heterocycles. The first-order valence-electron chi connectivity index (χ1n) is 8.13. The molecule has 4 nitrogen and oxygen atoms in total. The average Bonchev–Trinajstić information content (AvgIpc) is 2.45. The van der Waals surface area contributed by atoms with E-state index in [9.17, 15) is 4.79 Å². The maximum atomic E-state index is 11.8. The number of rotatable bonds is 9. The summed E-state index contributed by atoms with van der Waals surface area (Å²) in [5, 5.41) is 6.27. The van der Waals surface area contributed by atoms with Crippen molar-refractivity contribution in [3.05, 3.63) is 0 Å². The Morgan fingerprint density at radius 3 is 2.60 bits per heavy atom. The molecule has 1 saturated carbocycles. The molecule has 20 heavy (non-hydrogen) atoms. The molecule has 1 aliphatic carbocycles. The van der Waals surface area contributed by atoms with Crippen LogP contribution < -0.4 is 10.6 Å². The highest BCUT2D eigenvalue weighted by Crippen LogP contribution is 2.29. The quantitative estimate of drug-likeness (QED) is 0.639. The maximum absolute atomic E-state index is 11.8. The summed E-state index contributed by atoms with van der Waals surface area (Å²) in [6, 6.07) is -0.0972. The summed E-state index contributed by atoms with van der Waals surface area (Å²) >= 11 is 0. The molecule has 118 valence electrons. The van der Waals surface area contributed by atoms with Crippen molar-refractivity contribution in [1.82, 2.24) is 10.6 Å². The lowest BCUT2D eigenvalue weighted by Crippen LogP contribution is -2.43.